The fourth-order valence-corrected chi connectivity index (χ4v) is 4.17. The fourth-order valence-electron chi connectivity index (χ4n) is 4.17. The molecule has 1 aliphatic rings. The lowest BCUT2D eigenvalue weighted by Gasteiger charge is -2.20. The predicted octanol–water partition coefficient (Wildman–Crippen LogP) is 5.15. The molecular formula is C29H26N4O4. The third-order valence-corrected chi connectivity index (χ3v) is 6.23. The molecule has 1 fully saturated rings. The van der Waals surface area contributed by atoms with E-state index in [0.717, 1.165) is 28.7 Å². The predicted molar refractivity (Wildman–Crippen MR) is 137 cm³/mol. The number of aryl methyl sites for hydroxylation is 2. The molecule has 0 N–H and O–H groups in total. The van der Waals surface area contributed by atoms with Crippen LogP contribution in [0.15, 0.2) is 73.3 Å². The monoisotopic (exact) mass is 494 g/mol. The van der Waals surface area contributed by atoms with Crippen molar-refractivity contribution in [3.8, 4) is 22.8 Å². The quantitative estimate of drug-likeness (QED) is 0.339. The lowest BCUT2D eigenvalue weighted by atomic mass is 10.1. The van der Waals surface area contributed by atoms with Crippen molar-refractivity contribution in [2.24, 2.45) is 0 Å². The van der Waals surface area contributed by atoms with Gasteiger partial charge >= 0.3 is 11.9 Å². The molecule has 2 aromatic heterocycles. The number of aromatic nitrogens is 4. The van der Waals surface area contributed by atoms with Crippen LogP contribution in [0.25, 0.3) is 22.8 Å². The molecule has 8 nitrogen and oxygen atoms in total. The molecule has 8 heteroatoms. The average Bonchev–Trinajstić information content (AvgIpc) is 3.36. The summed E-state index contributed by atoms with van der Waals surface area (Å²) in [5.74, 6) is 0.277. The number of hydrogen-bond acceptors (Lipinski definition) is 8. The van der Waals surface area contributed by atoms with Crippen LogP contribution in [-0.2, 0) is 9.47 Å². The molecule has 0 bridgehead atoms. The zero-order valence-electron chi connectivity index (χ0n) is 20.6. The van der Waals surface area contributed by atoms with E-state index in [1.165, 1.54) is 0 Å². The van der Waals surface area contributed by atoms with E-state index in [4.69, 9.17) is 9.47 Å². The number of benzene rings is 2. The Kier molecular flexibility index (Phi) is 6.98. The van der Waals surface area contributed by atoms with Crippen LogP contribution in [0.3, 0.4) is 0 Å². The third kappa shape index (κ3) is 5.69. The fraction of sp³-hybridized carbons (Fsp3) is 0.241. The summed E-state index contributed by atoms with van der Waals surface area (Å²) in [5.41, 5.74) is 4.41. The maximum atomic E-state index is 12.8. The van der Waals surface area contributed by atoms with Gasteiger partial charge in [0.1, 0.15) is 12.2 Å². The van der Waals surface area contributed by atoms with Gasteiger partial charge in [-0.1, -0.05) is 24.3 Å². The Labute approximate surface area is 214 Å². The molecule has 2 atom stereocenters. The summed E-state index contributed by atoms with van der Waals surface area (Å²) in [6.07, 6.45) is 8.11. The molecular weight excluding hydrogens is 468 g/mol. The second-order valence-electron chi connectivity index (χ2n) is 9.14. The number of carbonyl (C=O) groups excluding carboxylic acids is 2. The number of esters is 2. The van der Waals surface area contributed by atoms with E-state index in [0.29, 0.717) is 35.6 Å². The van der Waals surface area contributed by atoms with Gasteiger partial charge in [0.25, 0.3) is 0 Å². The molecule has 0 amide bonds. The number of carbonyl (C=O) groups is 2. The summed E-state index contributed by atoms with van der Waals surface area (Å²) in [6.45, 7) is 3.85. The van der Waals surface area contributed by atoms with E-state index in [1.54, 1.807) is 73.3 Å². The molecule has 0 spiro atoms. The molecule has 186 valence electrons. The van der Waals surface area contributed by atoms with Gasteiger partial charge in [-0.25, -0.2) is 29.5 Å². The van der Waals surface area contributed by atoms with Crippen molar-refractivity contribution >= 4 is 11.9 Å². The van der Waals surface area contributed by atoms with Crippen molar-refractivity contribution < 1.29 is 19.1 Å². The molecule has 2 aromatic carbocycles. The van der Waals surface area contributed by atoms with Crippen molar-refractivity contribution in [2.75, 3.05) is 0 Å². The molecule has 5 rings (SSSR count). The number of nitrogens with zero attached hydrogens (tertiary/aromatic N) is 4. The van der Waals surface area contributed by atoms with Crippen molar-refractivity contribution in [3.63, 3.8) is 0 Å². The summed E-state index contributed by atoms with van der Waals surface area (Å²) < 4.78 is 11.5. The average molecular weight is 495 g/mol. The Morgan fingerprint density at radius 2 is 0.973 bits per heavy atom. The first kappa shape index (κ1) is 24.2. The van der Waals surface area contributed by atoms with E-state index in [-0.39, 0.29) is 0 Å². The standard InChI is InChI=1S/C29H26N4O4/c1-18-14-30-26(31-15-18)20-6-10-22(11-7-20)28(34)36-24-4-3-5-25(24)37-29(35)23-12-8-21(9-13-23)27-32-16-19(2)17-33-27/h6-17,24-25H,3-5H2,1-2H3/t24-,25-/m1/s1. The van der Waals surface area contributed by atoms with Crippen LogP contribution in [0.2, 0.25) is 0 Å². The van der Waals surface area contributed by atoms with Crippen LogP contribution in [-0.4, -0.2) is 44.1 Å². The van der Waals surface area contributed by atoms with Gasteiger partial charge in [-0.05, 0) is 68.5 Å². The maximum absolute atomic E-state index is 12.8. The summed E-state index contributed by atoms with van der Waals surface area (Å²) in [5, 5.41) is 0. The lowest BCUT2D eigenvalue weighted by Crippen LogP contribution is -2.30. The molecule has 0 unspecified atom stereocenters. The van der Waals surface area contributed by atoms with Crippen LogP contribution >= 0.6 is 0 Å². The number of ether oxygens (including phenoxy) is 2. The molecule has 37 heavy (non-hydrogen) atoms. The molecule has 0 saturated heterocycles. The van der Waals surface area contributed by atoms with E-state index >= 15 is 0 Å². The molecule has 0 aliphatic heterocycles. The minimum atomic E-state index is -0.489. The summed E-state index contributed by atoms with van der Waals surface area (Å²) >= 11 is 0. The normalized spacial score (nSPS) is 16.8. The van der Waals surface area contributed by atoms with Crippen molar-refractivity contribution in [1.82, 2.24) is 19.9 Å². The van der Waals surface area contributed by atoms with E-state index in [2.05, 4.69) is 19.9 Å². The van der Waals surface area contributed by atoms with Gasteiger partial charge in [0.15, 0.2) is 11.6 Å². The van der Waals surface area contributed by atoms with Gasteiger partial charge in [0, 0.05) is 35.9 Å². The van der Waals surface area contributed by atoms with Gasteiger partial charge < -0.3 is 9.47 Å². The van der Waals surface area contributed by atoms with Crippen LogP contribution in [0.5, 0.6) is 0 Å². The van der Waals surface area contributed by atoms with Gasteiger partial charge in [-0.2, -0.15) is 0 Å². The molecule has 1 aliphatic carbocycles. The highest BCUT2D eigenvalue weighted by atomic mass is 16.6. The highest BCUT2D eigenvalue weighted by Crippen LogP contribution is 2.27. The highest BCUT2D eigenvalue weighted by Gasteiger charge is 2.34. The minimum Gasteiger partial charge on any atom is -0.455 e. The SMILES string of the molecule is Cc1cnc(-c2ccc(C(=O)O[C@@H]3CCC[C@H]3OC(=O)c3ccc(-c4ncc(C)cn4)cc3)cc2)nc1. The van der Waals surface area contributed by atoms with Crippen molar-refractivity contribution in [2.45, 2.75) is 45.3 Å². The first-order valence-corrected chi connectivity index (χ1v) is 12.2. The zero-order chi connectivity index (χ0) is 25.8. The van der Waals surface area contributed by atoms with Crippen molar-refractivity contribution in [3.05, 3.63) is 95.6 Å². The van der Waals surface area contributed by atoms with E-state index in [9.17, 15) is 9.59 Å². The molecule has 4 aromatic rings. The Morgan fingerprint density at radius 3 is 1.32 bits per heavy atom. The van der Waals surface area contributed by atoms with Gasteiger partial charge in [-0.3, -0.25) is 0 Å². The molecule has 2 heterocycles. The summed E-state index contributed by atoms with van der Waals surface area (Å²) in [6, 6.07) is 13.9. The first-order chi connectivity index (χ1) is 18.0. The van der Waals surface area contributed by atoms with Crippen LogP contribution in [0.4, 0.5) is 0 Å². The van der Waals surface area contributed by atoms with Crippen LogP contribution in [0, 0.1) is 13.8 Å². The number of hydrogen-bond donors (Lipinski definition) is 0. The Hall–Kier alpha value is -4.46. The largest absolute Gasteiger partial charge is 0.455 e. The van der Waals surface area contributed by atoms with Gasteiger partial charge in [0.05, 0.1) is 11.1 Å². The first-order valence-electron chi connectivity index (χ1n) is 12.2. The maximum Gasteiger partial charge on any atom is 0.338 e. The second-order valence-corrected chi connectivity index (χ2v) is 9.14. The Balaban J connectivity index is 1.19. The summed E-state index contributed by atoms with van der Waals surface area (Å²) in [4.78, 5) is 42.8. The number of rotatable bonds is 6. The minimum absolute atomic E-state index is 0.418. The lowest BCUT2D eigenvalue weighted by molar-refractivity contribution is -0.0239. The van der Waals surface area contributed by atoms with Gasteiger partial charge in [-0.15, -0.1) is 0 Å². The Bertz CT molecular complexity index is 1280. The second kappa shape index (κ2) is 10.7. The third-order valence-electron chi connectivity index (χ3n) is 6.23. The van der Waals surface area contributed by atoms with Crippen molar-refractivity contribution in [1.29, 1.82) is 0 Å². The molecule has 0 radical (unpaired) electrons. The van der Waals surface area contributed by atoms with E-state index < -0.39 is 24.1 Å². The molecule has 1 saturated carbocycles. The van der Waals surface area contributed by atoms with Gasteiger partial charge in [0.2, 0.25) is 0 Å². The van der Waals surface area contributed by atoms with Crippen LogP contribution < -0.4 is 0 Å². The highest BCUT2D eigenvalue weighted by molar-refractivity contribution is 5.91. The Morgan fingerprint density at radius 1 is 0.622 bits per heavy atom. The topological polar surface area (TPSA) is 104 Å². The zero-order valence-corrected chi connectivity index (χ0v) is 20.6. The van der Waals surface area contributed by atoms with Crippen LogP contribution in [0.1, 0.15) is 51.1 Å². The van der Waals surface area contributed by atoms with E-state index in [1.807, 2.05) is 13.8 Å². The smallest absolute Gasteiger partial charge is 0.338 e. The summed E-state index contributed by atoms with van der Waals surface area (Å²) in [7, 11) is 0.